The van der Waals surface area contributed by atoms with Crippen LogP contribution in [0.25, 0.3) is 0 Å². The molecular weight excluding hydrogens is 278 g/mol. The van der Waals surface area contributed by atoms with E-state index in [4.69, 9.17) is 16.7 Å². The van der Waals surface area contributed by atoms with Crippen LogP contribution in [0.3, 0.4) is 0 Å². The van der Waals surface area contributed by atoms with Crippen LogP contribution in [0.2, 0.25) is 5.02 Å². The Morgan fingerprint density at radius 2 is 2.15 bits per heavy atom. The summed E-state index contributed by atoms with van der Waals surface area (Å²) in [6.07, 6.45) is 2.32. The van der Waals surface area contributed by atoms with Crippen molar-refractivity contribution in [1.82, 2.24) is 5.32 Å². The fourth-order valence-electron chi connectivity index (χ4n) is 2.33. The highest BCUT2D eigenvalue weighted by Crippen LogP contribution is 2.47. The average molecular weight is 296 g/mol. The van der Waals surface area contributed by atoms with Gasteiger partial charge in [0.25, 0.3) is 0 Å². The van der Waals surface area contributed by atoms with Gasteiger partial charge < -0.3 is 10.4 Å². The van der Waals surface area contributed by atoms with Gasteiger partial charge in [0.2, 0.25) is 5.91 Å². The first-order valence-electron chi connectivity index (χ1n) is 6.83. The molecule has 20 heavy (non-hydrogen) atoms. The van der Waals surface area contributed by atoms with Gasteiger partial charge in [-0.05, 0) is 42.9 Å². The van der Waals surface area contributed by atoms with Gasteiger partial charge in [-0.2, -0.15) is 0 Å². The van der Waals surface area contributed by atoms with Crippen molar-refractivity contribution in [2.24, 2.45) is 5.92 Å². The van der Waals surface area contributed by atoms with E-state index in [1.807, 2.05) is 24.3 Å². The van der Waals surface area contributed by atoms with Gasteiger partial charge in [-0.3, -0.25) is 9.59 Å². The Hall–Kier alpha value is -1.55. The lowest BCUT2D eigenvalue weighted by molar-refractivity contribution is -0.137. The number of hydrogen-bond donors (Lipinski definition) is 2. The number of rotatable bonds is 7. The van der Waals surface area contributed by atoms with Gasteiger partial charge in [0.05, 0.1) is 0 Å². The van der Waals surface area contributed by atoms with Crippen molar-refractivity contribution >= 4 is 23.5 Å². The van der Waals surface area contributed by atoms with Gasteiger partial charge in [0.15, 0.2) is 0 Å². The first-order valence-corrected chi connectivity index (χ1v) is 7.20. The predicted octanol–water partition coefficient (Wildman–Crippen LogP) is 2.81. The van der Waals surface area contributed by atoms with Crippen molar-refractivity contribution < 1.29 is 14.7 Å². The molecule has 5 heteroatoms. The molecule has 4 nitrogen and oxygen atoms in total. The molecule has 0 heterocycles. The fourth-order valence-corrected chi connectivity index (χ4v) is 2.53. The van der Waals surface area contributed by atoms with E-state index in [1.54, 1.807) is 0 Å². The van der Waals surface area contributed by atoms with Crippen LogP contribution >= 0.6 is 11.6 Å². The van der Waals surface area contributed by atoms with E-state index in [0.29, 0.717) is 24.4 Å². The summed E-state index contributed by atoms with van der Waals surface area (Å²) in [7, 11) is 0. The second kappa shape index (κ2) is 6.75. The molecule has 0 radical (unpaired) electrons. The van der Waals surface area contributed by atoms with Crippen LogP contribution in [0.15, 0.2) is 24.3 Å². The van der Waals surface area contributed by atoms with Crippen LogP contribution in [0.1, 0.15) is 37.2 Å². The normalized spacial score (nSPS) is 20.4. The number of carboxylic acid groups (broad SMARTS) is 1. The lowest BCUT2D eigenvalue weighted by atomic mass is 10.1. The quantitative estimate of drug-likeness (QED) is 0.760. The molecule has 0 aliphatic heterocycles. The number of benzene rings is 1. The Morgan fingerprint density at radius 1 is 1.35 bits per heavy atom. The molecule has 1 aliphatic carbocycles. The van der Waals surface area contributed by atoms with E-state index in [9.17, 15) is 9.59 Å². The maximum atomic E-state index is 11.9. The summed E-state index contributed by atoms with van der Waals surface area (Å²) in [4.78, 5) is 22.3. The van der Waals surface area contributed by atoms with Gasteiger partial charge in [-0.25, -0.2) is 0 Å². The maximum Gasteiger partial charge on any atom is 0.303 e. The number of amides is 1. The average Bonchev–Trinajstić information content (AvgIpc) is 3.18. The Bertz CT molecular complexity index is 504. The van der Waals surface area contributed by atoms with E-state index < -0.39 is 5.97 Å². The van der Waals surface area contributed by atoms with Crippen LogP contribution in [-0.4, -0.2) is 23.5 Å². The van der Waals surface area contributed by atoms with Crippen molar-refractivity contribution in [1.29, 1.82) is 0 Å². The summed E-state index contributed by atoms with van der Waals surface area (Å²) >= 11 is 5.94. The molecule has 0 bridgehead atoms. The monoisotopic (exact) mass is 295 g/mol. The number of carbonyl (C=O) groups is 2. The Balaban J connectivity index is 1.69. The number of carboxylic acids is 1. The van der Waals surface area contributed by atoms with Crippen molar-refractivity contribution in [2.45, 2.75) is 31.6 Å². The number of nitrogens with one attached hydrogen (secondary N) is 1. The first-order chi connectivity index (χ1) is 9.58. The van der Waals surface area contributed by atoms with E-state index in [0.717, 1.165) is 12.0 Å². The van der Waals surface area contributed by atoms with Crippen LogP contribution in [0.4, 0.5) is 0 Å². The zero-order chi connectivity index (χ0) is 14.5. The molecule has 0 aromatic heterocycles. The highest BCUT2D eigenvalue weighted by Gasteiger charge is 2.43. The Labute approximate surface area is 123 Å². The fraction of sp³-hybridized carbons (Fsp3) is 0.467. The standard InChI is InChI=1S/C15H18ClNO3/c16-11-5-3-4-10(8-11)12-9-13(12)15(20)17-7-2-1-6-14(18)19/h3-5,8,12-13H,1-2,6-7,9H2,(H,17,20)(H,18,19)/t12-,13-/m0/s1. The van der Waals surface area contributed by atoms with E-state index in [2.05, 4.69) is 5.32 Å². The number of hydrogen-bond acceptors (Lipinski definition) is 2. The Morgan fingerprint density at radius 3 is 2.85 bits per heavy atom. The smallest absolute Gasteiger partial charge is 0.303 e. The number of aliphatic carboxylic acids is 1. The van der Waals surface area contributed by atoms with Crippen molar-refractivity contribution in [2.75, 3.05) is 6.54 Å². The second-order valence-electron chi connectivity index (χ2n) is 5.15. The van der Waals surface area contributed by atoms with E-state index in [-0.39, 0.29) is 24.2 Å². The van der Waals surface area contributed by atoms with Crippen molar-refractivity contribution in [3.8, 4) is 0 Å². The molecule has 0 spiro atoms. The predicted molar refractivity (Wildman–Crippen MR) is 76.8 cm³/mol. The number of unbranched alkanes of at least 4 members (excludes halogenated alkanes) is 1. The van der Waals surface area contributed by atoms with Crippen LogP contribution in [0.5, 0.6) is 0 Å². The molecule has 1 saturated carbocycles. The summed E-state index contributed by atoms with van der Waals surface area (Å²) in [5.41, 5.74) is 1.11. The first kappa shape index (κ1) is 14.9. The topological polar surface area (TPSA) is 66.4 Å². The zero-order valence-electron chi connectivity index (χ0n) is 11.1. The molecule has 1 aromatic carbocycles. The molecule has 0 unspecified atom stereocenters. The van der Waals surface area contributed by atoms with Crippen LogP contribution in [-0.2, 0) is 9.59 Å². The van der Waals surface area contributed by atoms with Crippen LogP contribution in [0, 0.1) is 5.92 Å². The SMILES string of the molecule is O=C(O)CCCCNC(=O)[C@H]1C[C@H]1c1cccc(Cl)c1. The van der Waals surface area contributed by atoms with E-state index in [1.165, 1.54) is 0 Å². The minimum absolute atomic E-state index is 0.0351. The van der Waals surface area contributed by atoms with Crippen molar-refractivity contribution in [3.63, 3.8) is 0 Å². The lowest BCUT2D eigenvalue weighted by Gasteiger charge is -2.04. The molecule has 2 N–H and O–H groups in total. The summed E-state index contributed by atoms with van der Waals surface area (Å²) in [6, 6.07) is 7.63. The summed E-state index contributed by atoms with van der Waals surface area (Å²) in [5, 5.41) is 12.1. The highest BCUT2D eigenvalue weighted by atomic mass is 35.5. The van der Waals surface area contributed by atoms with E-state index >= 15 is 0 Å². The number of halogens is 1. The summed E-state index contributed by atoms with van der Waals surface area (Å²) in [6.45, 7) is 0.547. The molecule has 0 saturated heterocycles. The third-order valence-corrected chi connectivity index (χ3v) is 3.76. The minimum atomic E-state index is -0.792. The Kier molecular flexibility index (Phi) is 5.01. The molecule has 1 aromatic rings. The molecule has 1 amide bonds. The van der Waals surface area contributed by atoms with Gasteiger partial charge >= 0.3 is 5.97 Å². The maximum absolute atomic E-state index is 11.9. The molecule has 2 atom stereocenters. The minimum Gasteiger partial charge on any atom is -0.481 e. The molecule has 108 valence electrons. The van der Waals surface area contributed by atoms with Gasteiger partial charge in [-0.1, -0.05) is 23.7 Å². The van der Waals surface area contributed by atoms with Crippen LogP contribution < -0.4 is 5.32 Å². The third kappa shape index (κ3) is 4.23. The third-order valence-electron chi connectivity index (χ3n) is 3.52. The van der Waals surface area contributed by atoms with Gasteiger partial charge in [0.1, 0.15) is 0 Å². The zero-order valence-corrected chi connectivity index (χ0v) is 11.9. The molecular formula is C15H18ClNO3. The van der Waals surface area contributed by atoms with Crippen molar-refractivity contribution in [3.05, 3.63) is 34.9 Å². The van der Waals surface area contributed by atoms with Gasteiger partial charge in [-0.15, -0.1) is 0 Å². The van der Waals surface area contributed by atoms with Gasteiger partial charge in [0, 0.05) is 23.9 Å². The summed E-state index contributed by atoms with van der Waals surface area (Å²) in [5.74, 6) is -0.425. The lowest BCUT2D eigenvalue weighted by Crippen LogP contribution is -2.26. The molecule has 1 fully saturated rings. The highest BCUT2D eigenvalue weighted by molar-refractivity contribution is 6.30. The molecule has 2 rings (SSSR count). The number of carbonyl (C=O) groups excluding carboxylic acids is 1. The second-order valence-corrected chi connectivity index (χ2v) is 5.58. The molecule has 1 aliphatic rings. The summed E-state index contributed by atoms with van der Waals surface area (Å²) < 4.78 is 0. The largest absolute Gasteiger partial charge is 0.481 e.